The summed E-state index contributed by atoms with van der Waals surface area (Å²) in [6.07, 6.45) is 3.25. The molecule has 3 amide bonds. The number of ether oxygens (including phenoxy) is 2. The van der Waals surface area contributed by atoms with Crippen molar-refractivity contribution in [3.63, 3.8) is 0 Å². The van der Waals surface area contributed by atoms with Gasteiger partial charge in [-0.25, -0.2) is 4.79 Å². The van der Waals surface area contributed by atoms with Crippen LogP contribution in [0.15, 0.2) is 60.8 Å². The Balaban J connectivity index is 1.40. The predicted octanol–water partition coefficient (Wildman–Crippen LogP) is 5.02. The molecular weight excluding hydrogens is 516 g/mol. The van der Waals surface area contributed by atoms with Crippen molar-refractivity contribution in [1.29, 1.82) is 0 Å². The lowest BCUT2D eigenvalue weighted by molar-refractivity contribution is -0.117. The molecule has 0 atom stereocenters. The van der Waals surface area contributed by atoms with E-state index in [0.29, 0.717) is 53.5 Å². The number of carbonyl (C=O) groups is 2. The maximum Gasteiger partial charge on any atom is 0.322 e. The summed E-state index contributed by atoms with van der Waals surface area (Å²) < 4.78 is 12.6. The quantitative estimate of drug-likeness (QED) is 0.317. The van der Waals surface area contributed by atoms with Gasteiger partial charge in [-0.3, -0.25) is 14.3 Å². The fourth-order valence-corrected chi connectivity index (χ4v) is 5.33. The van der Waals surface area contributed by atoms with Gasteiger partial charge in [-0.05, 0) is 43.2 Å². The second-order valence-corrected chi connectivity index (χ2v) is 10.2. The third-order valence-electron chi connectivity index (χ3n) is 6.52. The van der Waals surface area contributed by atoms with Gasteiger partial charge >= 0.3 is 6.03 Å². The Kier molecular flexibility index (Phi) is 7.78. The van der Waals surface area contributed by atoms with Crippen LogP contribution in [0.4, 0.5) is 15.6 Å². The summed E-state index contributed by atoms with van der Waals surface area (Å²) in [6.45, 7) is 3.41. The molecule has 10 nitrogen and oxygen atoms in total. The molecule has 0 radical (unpaired) electrons. The number of carbonyl (C=O) groups excluding carboxylic acids is 2. The van der Waals surface area contributed by atoms with Gasteiger partial charge in [-0.2, -0.15) is 0 Å². The zero-order valence-electron chi connectivity index (χ0n) is 22.1. The van der Waals surface area contributed by atoms with Crippen molar-refractivity contribution in [3.8, 4) is 16.6 Å². The number of urea groups is 1. The first kappa shape index (κ1) is 26.2. The number of nitrogens with one attached hydrogen (secondary N) is 1. The van der Waals surface area contributed by atoms with Crippen molar-refractivity contribution in [3.05, 3.63) is 77.6 Å². The molecule has 2 aromatic carbocycles. The van der Waals surface area contributed by atoms with Gasteiger partial charge in [0.15, 0.2) is 11.5 Å². The minimum Gasteiger partial charge on any atom is -0.493 e. The standard InChI is InChI=1S/C28H30N6O4S/c1-19-8-10-20(11-9-19)17-32(26(36)29-21-12-13-23(37-2)24(16-21)38-3)18-22-6-4-14-33(22)27-30-31-28(39-27)34-15-5-7-25(34)35/h4,6,8-14,16H,5,7,15,17-18H2,1-3H3,(H,29,36). The van der Waals surface area contributed by atoms with Gasteiger partial charge in [-0.15, -0.1) is 10.2 Å². The maximum absolute atomic E-state index is 13.6. The van der Waals surface area contributed by atoms with Crippen LogP contribution in [-0.4, -0.2) is 52.4 Å². The Labute approximate surface area is 230 Å². The number of amides is 3. The summed E-state index contributed by atoms with van der Waals surface area (Å²) in [5.41, 5.74) is 3.61. The lowest BCUT2D eigenvalue weighted by Gasteiger charge is -2.24. The average Bonchev–Trinajstić information content (AvgIpc) is 3.70. The van der Waals surface area contributed by atoms with Crippen LogP contribution >= 0.6 is 11.3 Å². The number of nitrogens with zero attached hydrogens (tertiary/aromatic N) is 5. The highest BCUT2D eigenvalue weighted by Crippen LogP contribution is 2.31. The van der Waals surface area contributed by atoms with Crippen molar-refractivity contribution >= 4 is 34.1 Å². The molecule has 1 aliphatic rings. The molecule has 1 N–H and O–H groups in total. The topological polar surface area (TPSA) is 102 Å². The fraction of sp³-hybridized carbons (Fsp3) is 0.286. The Morgan fingerprint density at radius 2 is 1.79 bits per heavy atom. The third kappa shape index (κ3) is 5.88. The maximum atomic E-state index is 13.6. The van der Waals surface area contributed by atoms with Crippen LogP contribution < -0.4 is 19.7 Å². The third-order valence-corrected chi connectivity index (χ3v) is 7.46. The second-order valence-electron chi connectivity index (χ2n) is 9.23. The molecule has 0 spiro atoms. The number of anilines is 2. The predicted molar refractivity (Wildman–Crippen MR) is 150 cm³/mol. The molecule has 0 aliphatic carbocycles. The van der Waals surface area contributed by atoms with Crippen LogP contribution in [0.25, 0.3) is 5.13 Å². The Morgan fingerprint density at radius 3 is 2.51 bits per heavy atom. The molecule has 2 aromatic heterocycles. The summed E-state index contributed by atoms with van der Waals surface area (Å²) >= 11 is 1.36. The Bertz CT molecular complexity index is 1460. The van der Waals surface area contributed by atoms with E-state index in [-0.39, 0.29) is 11.9 Å². The van der Waals surface area contributed by atoms with Crippen LogP contribution in [-0.2, 0) is 17.9 Å². The normalized spacial score (nSPS) is 13.0. The zero-order chi connectivity index (χ0) is 27.4. The monoisotopic (exact) mass is 546 g/mol. The number of benzene rings is 2. The van der Waals surface area contributed by atoms with Gasteiger partial charge in [0.1, 0.15) is 0 Å². The van der Waals surface area contributed by atoms with Gasteiger partial charge < -0.3 is 19.7 Å². The highest BCUT2D eigenvalue weighted by Gasteiger charge is 2.26. The first-order valence-corrected chi connectivity index (χ1v) is 13.4. The van der Waals surface area contributed by atoms with E-state index in [9.17, 15) is 9.59 Å². The summed E-state index contributed by atoms with van der Waals surface area (Å²) in [6, 6.07) is 17.0. The summed E-state index contributed by atoms with van der Waals surface area (Å²) in [5, 5.41) is 12.8. The van der Waals surface area contributed by atoms with Crippen molar-refractivity contribution in [2.45, 2.75) is 32.9 Å². The van der Waals surface area contributed by atoms with E-state index in [2.05, 4.69) is 15.5 Å². The van der Waals surface area contributed by atoms with Crippen molar-refractivity contribution in [1.82, 2.24) is 19.7 Å². The molecule has 3 heterocycles. The highest BCUT2D eigenvalue weighted by molar-refractivity contribution is 7.17. The van der Waals surface area contributed by atoms with Crippen LogP contribution in [0.1, 0.15) is 29.7 Å². The summed E-state index contributed by atoms with van der Waals surface area (Å²) in [5.74, 6) is 1.18. The van der Waals surface area contributed by atoms with Crippen molar-refractivity contribution in [2.24, 2.45) is 0 Å². The van der Waals surface area contributed by atoms with Gasteiger partial charge in [0.05, 0.1) is 20.8 Å². The van der Waals surface area contributed by atoms with E-state index in [1.165, 1.54) is 11.3 Å². The minimum atomic E-state index is -0.267. The fourth-order valence-electron chi connectivity index (χ4n) is 4.42. The van der Waals surface area contributed by atoms with E-state index in [1.54, 1.807) is 42.2 Å². The van der Waals surface area contributed by atoms with E-state index in [1.807, 2.05) is 54.1 Å². The summed E-state index contributed by atoms with van der Waals surface area (Å²) in [7, 11) is 3.12. The molecule has 0 unspecified atom stereocenters. The van der Waals surface area contributed by atoms with Crippen LogP contribution in [0.2, 0.25) is 0 Å². The molecule has 39 heavy (non-hydrogen) atoms. The number of rotatable bonds is 9. The molecular formula is C28H30N6O4S. The van der Waals surface area contributed by atoms with E-state index in [0.717, 1.165) is 23.2 Å². The molecule has 4 aromatic rings. The largest absolute Gasteiger partial charge is 0.493 e. The van der Waals surface area contributed by atoms with E-state index in [4.69, 9.17) is 9.47 Å². The molecule has 202 valence electrons. The minimum absolute atomic E-state index is 0.0709. The van der Waals surface area contributed by atoms with Crippen molar-refractivity contribution < 1.29 is 19.1 Å². The Morgan fingerprint density at radius 1 is 1.03 bits per heavy atom. The van der Waals surface area contributed by atoms with Crippen LogP contribution in [0, 0.1) is 6.92 Å². The SMILES string of the molecule is COc1ccc(NC(=O)N(Cc2ccc(C)cc2)Cc2cccn2-c2nnc(N3CCCC3=O)s2)cc1OC. The molecule has 0 saturated carbocycles. The summed E-state index contributed by atoms with van der Waals surface area (Å²) in [4.78, 5) is 29.2. The van der Waals surface area contributed by atoms with Crippen LogP contribution in [0.3, 0.4) is 0 Å². The molecule has 1 aliphatic heterocycles. The number of aryl methyl sites for hydroxylation is 1. The van der Waals surface area contributed by atoms with Gasteiger partial charge in [0.25, 0.3) is 0 Å². The molecule has 5 rings (SSSR count). The molecule has 11 heteroatoms. The van der Waals surface area contributed by atoms with Gasteiger partial charge in [0.2, 0.25) is 16.2 Å². The number of aromatic nitrogens is 3. The molecule has 1 saturated heterocycles. The van der Waals surface area contributed by atoms with Gasteiger partial charge in [0, 0.05) is 43.2 Å². The number of hydrogen-bond donors (Lipinski definition) is 1. The Hall–Kier alpha value is -4.38. The lowest BCUT2D eigenvalue weighted by Crippen LogP contribution is -2.34. The molecule has 1 fully saturated rings. The lowest BCUT2D eigenvalue weighted by atomic mass is 10.1. The van der Waals surface area contributed by atoms with E-state index < -0.39 is 0 Å². The van der Waals surface area contributed by atoms with Crippen molar-refractivity contribution in [2.75, 3.05) is 31.0 Å². The highest BCUT2D eigenvalue weighted by atomic mass is 32.1. The molecule has 0 bridgehead atoms. The zero-order valence-corrected chi connectivity index (χ0v) is 22.9. The smallest absolute Gasteiger partial charge is 0.322 e. The first-order valence-electron chi connectivity index (χ1n) is 12.6. The average molecular weight is 547 g/mol. The number of hydrogen-bond acceptors (Lipinski definition) is 7. The van der Waals surface area contributed by atoms with Crippen LogP contribution in [0.5, 0.6) is 11.5 Å². The van der Waals surface area contributed by atoms with E-state index >= 15 is 0 Å². The van der Waals surface area contributed by atoms with Gasteiger partial charge in [-0.1, -0.05) is 41.2 Å². The number of methoxy groups -OCH3 is 2. The second kappa shape index (κ2) is 11.6. The first-order chi connectivity index (χ1) is 18.9.